The molecule has 5 aliphatic heterocycles. The summed E-state index contributed by atoms with van der Waals surface area (Å²) in [6, 6.07) is 11.7. The van der Waals surface area contributed by atoms with Crippen LogP contribution in [-0.2, 0) is 14.2 Å². The molecule has 1 fully saturated rings. The van der Waals surface area contributed by atoms with Gasteiger partial charge in [-0.25, -0.2) is 0 Å². The summed E-state index contributed by atoms with van der Waals surface area (Å²) in [6.45, 7) is 5.53. The van der Waals surface area contributed by atoms with Crippen molar-refractivity contribution < 1.29 is 33.2 Å². The van der Waals surface area contributed by atoms with Crippen molar-refractivity contribution in [1.82, 2.24) is 0 Å². The molecule has 0 aliphatic carbocycles. The zero-order valence-corrected chi connectivity index (χ0v) is 17.8. The van der Waals surface area contributed by atoms with Gasteiger partial charge in [-0.3, -0.25) is 0 Å². The average Bonchev–Trinajstić information content (AvgIpc) is 3.08. The Morgan fingerprint density at radius 3 is 1.93 bits per heavy atom. The van der Waals surface area contributed by atoms with Crippen LogP contribution in [0.25, 0.3) is 0 Å². The summed E-state index contributed by atoms with van der Waals surface area (Å²) in [6.07, 6.45) is -0.642. The quantitative estimate of drug-likeness (QED) is 0.732. The minimum atomic E-state index is -0.738. The van der Waals surface area contributed by atoms with Gasteiger partial charge in [-0.1, -0.05) is 12.1 Å². The first-order valence-corrected chi connectivity index (χ1v) is 10.1. The minimum absolute atomic E-state index is 0.297. The fraction of sp³-hybridized carbons (Fsp3) is 0.478. The molecule has 7 rings (SSSR count). The van der Waals surface area contributed by atoms with Crippen LogP contribution in [0.5, 0.6) is 23.0 Å². The van der Waals surface area contributed by atoms with E-state index in [-0.39, 0.29) is 12.2 Å². The molecule has 0 N–H and O–H groups in total. The molecule has 5 heterocycles. The Labute approximate surface area is 176 Å². The minimum Gasteiger partial charge on any atom is -0.493 e. The second kappa shape index (κ2) is 8.71. The number of hydrogen-bond acceptors (Lipinski definition) is 7. The maximum atomic E-state index is 6.28. The maximum absolute atomic E-state index is 6.28. The van der Waals surface area contributed by atoms with Crippen LogP contribution in [-0.4, -0.2) is 46.4 Å². The fourth-order valence-electron chi connectivity index (χ4n) is 3.73. The molecule has 0 amide bonds. The van der Waals surface area contributed by atoms with E-state index in [1.807, 2.05) is 50.2 Å². The van der Waals surface area contributed by atoms with E-state index in [1.165, 1.54) is 0 Å². The molecular formula is C23H28O7. The van der Waals surface area contributed by atoms with Gasteiger partial charge in [0.05, 0.1) is 27.4 Å². The van der Waals surface area contributed by atoms with Crippen LogP contribution in [0.1, 0.15) is 37.2 Å². The van der Waals surface area contributed by atoms with E-state index in [0.29, 0.717) is 43.7 Å². The van der Waals surface area contributed by atoms with Gasteiger partial charge in [-0.2, -0.15) is 0 Å². The highest BCUT2D eigenvalue weighted by Crippen LogP contribution is 2.50. The topological polar surface area (TPSA) is 64.6 Å². The first kappa shape index (κ1) is 20.8. The largest absolute Gasteiger partial charge is 0.493 e. The van der Waals surface area contributed by atoms with Crippen molar-refractivity contribution in [2.75, 3.05) is 40.6 Å². The summed E-state index contributed by atoms with van der Waals surface area (Å²) in [5, 5.41) is 0. The van der Waals surface area contributed by atoms with Crippen LogP contribution in [0.15, 0.2) is 36.4 Å². The Morgan fingerprint density at radius 2 is 1.33 bits per heavy atom. The van der Waals surface area contributed by atoms with Gasteiger partial charge in [-0.05, 0) is 49.2 Å². The SMILES string of the molecule is COc1cc2cc(OC)c1OCCOCCOc1ccc(cc1)[C@@H]1OC(C)(C)O[C@H]21. The summed E-state index contributed by atoms with van der Waals surface area (Å²) in [5.41, 5.74) is 1.88. The third-order valence-corrected chi connectivity index (χ3v) is 5.09. The number of methoxy groups -OCH3 is 2. The van der Waals surface area contributed by atoms with Crippen molar-refractivity contribution >= 4 is 0 Å². The number of ether oxygens (including phenoxy) is 7. The third-order valence-electron chi connectivity index (χ3n) is 5.09. The standard InChI is InChI=1S/C23H28O7/c1-23(2)29-20-15-5-7-17(8-6-15)27-11-9-26-10-12-28-22-18(24-3)13-16(21(20)30-23)14-19(22)25-4/h5-8,13-14,20-21H,9-12H2,1-4H3/t20-,21+/m0/s1. The molecule has 0 aromatic heterocycles. The Balaban J connectivity index is 1.78. The summed E-state index contributed by atoms with van der Waals surface area (Å²) < 4.78 is 41.0. The Hall–Kier alpha value is -2.48. The summed E-state index contributed by atoms with van der Waals surface area (Å²) in [5.74, 6) is 1.72. The lowest BCUT2D eigenvalue weighted by Gasteiger charge is -2.21. The third kappa shape index (κ3) is 4.33. The molecule has 2 aromatic rings. The van der Waals surface area contributed by atoms with Crippen molar-refractivity contribution in [3.05, 3.63) is 47.5 Å². The first-order valence-electron chi connectivity index (χ1n) is 10.1. The zero-order valence-electron chi connectivity index (χ0n) is 17.8. The van der Waals surface area contributed by atoms with Gasteiger partial charge in [0.1, 0.15) is 31.2 Å². The molecule has 30 heavy (non-hydrogen) atoms. The lowest BCUT2D eigenvalue weighted by molar-refractivity contribution is -0.147. The van der Waals surface area contributed by atoms with Gasteiger partial charge in [0.25, 0.3) is 0 Å². The fourth-order valence-corrected chi connectivity index (χ4v) is 3.73. The van der Waals surface area contributed by atoms with Crippen LogP contribution in [0.4, 0.5) is 0 Å². The van der Waals surface area contributed by atoms with Crippen LogP contribution in [0.2, 0.25) is 0 Å². The van der Waals surface area contributed by atoms with Crippen LogP contribution >= 0.6 is 0 Å². The van der Waals surface area contributed by atoms with Crippen LogP contribution in [0.3, 0.4) is 0 Å². The van der Waals surface area contributed by atoms with Crippen LogP contribution < -0.4 is 18.9 Å². The molecule has 1 saturated heterocycles. The lowest BCUT2D eigenvalue weighted by atomic mass is 9.97. The highest BCUT2D eigenvalue weighted by Gasteiger charge is 2.43. The van der Waals surface area contributed by atoms with E-state index in [0.717, 1.165) is 16.9 Å². The van der Waals surface area contributed by atoms with E-state index in [4.69, 9.17) is 33.2 Å². The molecule has 4 bridgehead atoms. The summed E-state index contributed by atoms with van der Waals surface area (Å²) in [4.78, 5) is 0. The second-order valence-electron chi connectivity index (χ2n) is 7.61. The van der Waals surface area contributed by atoms with Gasteiger partial charge < -0.3 is 33.2 Å². The summed E-state index contributed by atoms with van der Waals surface area (Å²) >= 11 is 0. The molecule has 7 nitrogen and oxygen atoms in total. The Morgan fingerprint density at radius 1 is 0.767 bits per heavy atom. The molecule has 5 aliphatic rings. The average molecular weight is 416 g/mol. The molecule has 162 valence electrons. The molecule has 2 atom stereocenters. The van der Waals surface area contributed by atoms with E-state index in [1.54, 1.807) is 14.2 Å². The van der Waals surface area contributed by atoms with E-state index >= 15 is 0 Å². The predicted molar refractivity (Wildman–Crippen MR) is 110 cm³/mol. The normalized spacial score (nSPS) is 23.2. The van der Waals surface area contributed by atoms with E-state index < -0.39 is 5.79 Å². The Bertz CT molecular complexity index is 837. The highest BCUT2D eigenvalue weighted by atomic mass is 16.8. The zero-order chi connectivity index (χ0) is 21.1. The molecular weight excluding hydrogens is 388 g/mol. The smallest absolute Gasteiger partial charge is 0.203 e. The van der Waals surface area contributed by atoms with Gasteiger partial charge >= 0.3 is 0 Å². The van der Waals surface area contributed by atoms with Gasteiger partial charge in [-0.15, -0.1) is 0 Å². The lowest BCUT2D eigenvalue weighted by Crippen LogP contribution is -2.20. The monoisotopic (exact) mass is 416 g/mol. The maximum Gasteiger partial charge on any atom is 0.203 e. The second-order valence-corrected chi connectivity index (χ2v) is 7.61. The van der Waals surface area contributed by atoms with Crippen molar-refractivity contribution in [2.24, 2.45) is 0 Å². The molecule has 0 unspecified atom stereocenters. The molecule has 0 spiro atoms. The van der Waals surface area contributed by atoms with E-state index in [9.17, 15) is 0 Å². The molecule has 0 radical (unpaired) electrons. The number of rotatable bonds is 2. The molecule has 0 saturated carbocycles. The van der Waals surface area contributed by atoms with Crippen molar-refractivity contribution in [3.8, 4) is 23.0 Å². The highest BCUT2D eigenvalue weighted by molar-refractivity contribution is 5.54. The summed E-state index contributed by atoms with van der Waals surface area (Å²) in [7, 11) is 3.21. The van der Waals surface area contributed by atoms with Crippen molar-refractivity contribution in [2.45, 2.75) is 31.8 Å². The van der Waals surface area contributed by atoms with Gasteiger partial charge in [0.2, 0.25) is 5.75 Å². The van der Waals surface area contributed by atoms with Crippen molar-refractivity contribution in [1.29, 1.82) is 0 Å². The first-order chi connectivity index (χ1) is 14.5. The predicted octanol–water partition coefficient (Wildman–Crippen LogP) is 4.06. The van der Waals surface area contributed by atoms with Gasteiger partial charge in [0.15, 0.2) is 17.3 Å². The van der Waals surface area contributed by atoms with E-state index in [2.05, 4.69) is 0 Å². The number of benzene rings is 2. The van der Waals surface area contributed by atoms with Crippen molar-refractivity contribution in [3.63, 3.8) is 0 Å². The molecule has 2 aromatic carbocycles. The Kier molecular flexibility index (Phi) is 6.04. The van der Waals surface area contributed by atoms with Crippen LogP contribution in [0, 0.1) is 0 Å². The van der Waals surface area contributed by atoms with Gasteiger partial charge in [0, 0.05) is 0 Å². The molecule has 7 heteroatoms. The number of hydrogen-bond donors (Lipinski definition) is 0.